The van der Waals surface area contributed by atoms with Crippen molar-refractivity contribution in [2.45, 2.75) is 6.54 Å². The summed E-state index contributed by atoms with van der Waals surface area (Å²) in [6.45, 7) is 0.367. The molecule has 0 aromatic carbocycles. The summed E-state index contributed by atoms with van der Waals surface area (Å²) in [5.41, 5.74) is 6.22. The molecule has 0 aliphatic heterocycles. The van der Waals surface area contributed by atoms with Crippen LogP contribution in [0.3, 0.4) is 0 Å². The minimum absolute atomic E-state index is 0.367. The zero-order valence-electron chi connectivity index (χ0n) is 7.05. The Hall–Kier alpha value is -0.360. The Bertz CT molecular complexity index is 451. The molecule has 2 heterocycles. The van der Waals surface area contributed by atoms with Gasteiger partial charge in [0.1, 0.15) is 16.7 Å². The van der Waals surface area contributed by atoms with Crippen LogP contribution >= 0.6 is 38.9 Å². The molecule has 0 aliphatic carbocycles. The van der Waals surface area contributed by atoms with Gasteiger partial charge in [-0.1, -0.05) is 11.6 Å². The highest BCUT2D eigenvalue weighted by Gasteiger charge is 2.11. The quantitative estimate of drug-likeness (QED) is 0.894. The second-order valence-corrected chi connectivity index (χ2v) is 5.49. The van der Waals surface area contributed by atoms with E-state index in [9.17, 15) is 0 Å². The number of nitrogens with zero attached hydrogens (tertiary/aromatic N) is 1. The molecule has 0 atom stereocenters. The van der Waals surface area contributed by atoms with Crippen molar-refractivity contribution in [1.29, 1.82) is 0 Å². The smallest absolute Gasteiger partial charge is 0.135 e. The fourth-order valence-electron chi connectivity index (χ4n) is 1.10. The van der Waals surface area contributed by atoms with Gasteiger partial charge in [-0.2, -0.15) is 0 Å². The van der Waals surface area contributed by atoms with Crippen molar-refractivity contribution in [3.05, 3.63) is 26.9 Å². The van der Waals surface area contributed by atoms with E-state index in [4.69, 9.17) is 17.3 Å². The second-order valence-electron chi connectivity index (χ2n) is 2.65. The number of halogens is 2. The molecular weight excluding hydrogens is 286 g/mol. The summed E-state index contributed by atoms with van der Waals surface area (Å²) < 4.78 is 1.06. The van der Waals surface area contributed by atoms with E-state index in [1.165, 1.54) is 0 Å². The maximum Gasteiger partial charge on any atom is 0.135 e. The van der Waals surface area contributed by atoms with Crippen molar-refractivity contribution in [1.82, 2.24) is 9.97 Å². The van der Waals surface area contributed by atoms with Crippen LogP contribution in [0.5, 0.6) is 0 Å². The van der Waals surface area contributed by atoms with Crippen LogP contribution < -0.4 is 5.73 Å². The van der Waals surface area contributed by atoms with E-state index in [0.717, 1.165) is 14.4 Å². The summed E-state index contributed by atoms with van der Waals surface area (Å²) in [5, 5.41) is 0.541. The van der Waals surface area contributed by atoms with Crippen LogP contribution in [0.25, 0.3) is 10.6 Å². The zero-order chi connectivity index (χ0) is 10.1. The van der Waals surface area contributed by atoms with Crippen LogP contribution in [-0.2, 0) is 6.54 Å². The Balaban J connectivity index is 2.45. The van der Waals surface area contributed by atoms with Gasteiger partial charge in [-0.3, -0.25) is 0 Å². The molecule has 0 unspecified atom stereocenters. The molecule has 0 radical (unpaired) electrons. The van der Waals surface area contributed by atoms with Gasteiger partial charge in [0.2, 0.25) is 0 Å². The van der Waals surface area contributed by atoms with E-state index >= 15 is 0 Å². The van der Waals surface area contributed by atoms with Gasteiger partial charge in [-0.25, -0.2) is 4.98 Å². The van der Waals surface area contributed by atoms with Crippen molar-refractivity contribution in [3.63, 3.8) is 0 Å². The summed E-state index contributed by atoms with van der Waals surface area (Å²) >= 11 is 11.0. The van der Waals surface area contributed by atoms with Crippen LogP contribution in [0.4, 0.5) is 0 Å². The predicted molar refractivity (Wildman–Crippen MR) is 62.5 cm³/mol. The van der Waals surface area contributed by atoms with Gasteiger partial charge in [-0.15, -0.1) is 11.3 Å². The molecule has 2 aromatic rings. The lowest BCUT2D eigenvalue weighted by Gasteiger charge is -1.89. The summed E-state index contributed by atoms with van der Waals surface area (Å²) in [4.78, 5) is 8.24. The Morgan fingerprint density at radius 3 is 2.86 bits per heavy atom. The average Bonchev–Trinajstić information content (AvgIpc) is 2.71. The molecule has 0 saturated heterocycles. The number of H-pyrrole nitrogens is 1. The largest absolute Gasteiger partial charge is 0.331 e. The van der Waals surface area contributed by atoms with Crippen molar-refractivity contribution in [2.24, 2.45) is 5.73 Å². The molecule has 0 bridgehead atoms. The molecule has 3 N–H and O–H groups in total. The second kappa shape index (κ2) is 4.02. The third-order valence-electron chi connectivity index (χ3n) is 1.71. The highest BCUT2D eigenvalue weighted by atomic mass is 79.9. The first-order chi connectivity index (χ1) is 6.70. The van der Waals surface area contributed by atoms with Crippen LogP contribution in [0, 0.1) is 0 Å². The Kier molecular flexibility index (Phi) is 2.92. The van der Waals surface area contributed by atoms with E-state index in [-0.39, 0.29) is 0 Å². The lowest BCUT2D eigenvalue weighted by atomic mass is 10.4. The first-order valence-corrected chi connectivity index (χ1v) is 5.89. The number of thiophene rings is 1. The molecule has 0 fully saturated rings. The number of hydrogen-bond acceptors (Lipinski definition) is 3. The van der Waals surface area contributed by atoms with Gasteiger partial charge in [0, 0.05) is 0 Å². The number of nitrogens with two attached hydrogens (primary N) is 1. The SMILES string of the molecule is NCc1nc(-c2ccc(Br)s2)c(Cl)[nH]1. The Labute approximate surface area is 98.4 Å². The average molecular weight is 293 g/mol. The lowest BCUT2D eigenvalue weighted by molar-refractivity contribution is 0.951. The van der Waals surface area contributed by atoms with Crippen LogP contribution in [0.2, 0.25) is 5.15 Å². The van der Waals surface area contributed by atoms with Gasteiger partial charge >= 0.3 is 0 Å². The molecule has 3 nitrogen and oxygen atoms in total. The minimum Gasteiger partial charge on any atom is -0.331 e. The maximum atomic E-state index is 5.99. The Morgan fingerprint density at radius 1 is 1.57 bits per heavy atom. The van der Waals surface area contributed by atoms with E-state index in [0.29, 0.717) is 17.5 Å². The van der Waals surface area contributed by atoms with Crippen LogP contribution in [0.1, 0.15) is 5.82 Å². The number of aromatic amines is 1. The molecule has 6 heteroatoms. The maximum absolute atomic E-state index is 5.99. The monoisotopic (exact) mass is 291 g/mol. The topological polar surface area (TPSA) is 54.7 Å². The third-order valence-corrected chi connectivity index (χ3v) is 3.61. The molecule has 0 aliphatic rings. The first-order valence-electron chi connectivity index (χ1n) is 3.91. The van der Waals surface area contributed by atoms with Crippen molar-refractivity contribution >= 4 is 38.9 Å². The molecule has 14 heavy (non-hydrogen) atoms. The highest BCUT2D eigenvalue weighted by Crippen LogP contribution is 2.33. The van der Waals surface area contributed by atoms with Gasteiger partial charge in [0.15, 0.2) is 0 Å². The molecule has 74 valence electrons. The van der Waals surface area contributed by atoms with Gasteiger partial charge in [-0.05, 0) is 28.1 Å². The molecule has 2 aromatic heterocycles. The van der Waals surface area contributed by atoms with Crippen LogP contribution in [0.15, 0.2) is 15.9 Å². The van der Waals surface area contributed by atoms with Crippen LogP contribution in [-0.4, -0.2) is 9.97 Å². The molecule has 2 rings (SSSR count). The molecular formula is C8H7BrClN3S. The number of aromatic nitrogens is 2. The van der Waals surface area contributed by atoms with Gasteiger partial charge in [0.25, 0.3) is 0 Å². The first kappa shape index (κ1) is 10.2. The fraction of sp³-hybridized carbons (Fsp3) is 0.125. The van der Waals surface area contributed by atoms with Crippen molar-refractivity contribution in [2.75, 3.05) is 0 Å². The fourth-order valence-corrected chi connectivity index (χ4v) is 2.79. The summed E-state index contributed by atoms with van der Waals surface area (Å²) in [7, 11) is 0. The lowest BCUT2D eigenvalue weighted by Crippen LogP contribution is -1.97. The van der Waals surface area contributed by atoms with Gasteiger partial charge < -0.3 is 10.7 Å². The molecule has 0 amide bonds. The summed E-state index contributed by atoms with van der Waals surface area (Å²) in [6, 6.07) is 3.93. The van der Waals surface area contributed by atoms with E-state index < -0.39 is 0 Å². The Morgan fingerprint density at radius 2 is 2.36 bits per heavy atom. The number of rotatable bonds is 2. The third kappa shape index (κ3) is 1.86. The number of hydrogen-bond donors (Lipinski definition) is 2. The highest BCUT2D eigenvalue weighted by molar-refractivity contribution is 9.11. The molecule has 0 saturated carbocycles. The standard InChI is InChI=1S/C8H7BrClN3S/c9-5-2-1-4(14-5)7-8(10)13-6(3-11)12-7/h1-2H,3,11H2,(H,12,13). The van der Waals surface area contributed by atoms with Gasteiger partial charge in [0.05, 0.1) is 15.2 Å². The van der Waals surface area contributed by atoms with E-state index in [1.807, 2.05) is 12.1 Å². The number of nitrogens with one attached hydrogen (secondary N) is 1. The van der Waals surface area contributed by atoms with Crippen molar-refractivity contribution in [3.8, 4) is 10.6 Å². The summed E-state index contributed by atoms with van der Waals surface area (Å²) in [6.07, 6.45) is 0. The minimum atomic E-state index is 0.367. The molecule has 0 spiro atoms. The number of imidazole rings is 1. The van der Waals surface area contributed by atoms with Crippen molar-refractivity contribution < 1.29 is 0 Å². The normalized spacial score (nSPS) is 10.8. The predicted octanol–water partition coefficient (Wildman–Crippen LogP) is 3.01. The zero-order valence-corrected chi connectivity index (χ0v) is 10.2. The van der Waals surface area contributed by atoms with E-state index in [2.05, 4.69) is 25.9 Å². The van der Waals surface area contributed by atoms with E-state index in [1.54, 1.807) is 11.3 Å². The summed E-state index contributed by atoms with van der Waals surface area (Å²) in [5.74, 6) is 0.703.